The molecule has 0 radical (unpaired) electrons. The number of fused-ring (bicyclic) bond motifs is 1. The molecule has 0 N–H and O–H groups in total. The van der Waals surface area contributed by atoms with Crippen LogP contribution in [0.25, 0.3) is 0 Å². The number of para-hydroxylation sites is 1. The van der Waals surface area contributed by atoms with E-state index in [1.54, 1.807) is 0 Å². The Morgan fingerprint density at radius 2 is 1.50 bits per heavy atom. The van der Waals surface area contributed by atoms with Gasteiger partial charge in [0.15, 0.2) is 5.72 Å². The van der Waals surface area contributed by atoms with Gasteiger partial charge in [-0.2, -0.15) is 0 Å². The van der Waals surface area contributed by atoms with E-state index in [9.17, 15) is 0 Å². The van der Waals surface area contributed by atoms with Crippen LogP contribution in [-0.2, 0) is 4.84 Å². The zero-order valence-electron chi connectivity index (χ0n) is 15.4. The van der Waals surface area contributed by atoms with E-state index >= 15 is 0 Å². The number of hydrogen-bond donors (Lipinski definition) is 0. The fourth-order valence-corrected chi connectivity index (χ4v) is 5.41. The van der Waals surface area contributed by atoms with Crippen LogP contribution in [0.5, 0.6) is 0 Å². The van der Waals surface area contributed by atoms with Crippen LogP contribution in [-0.4, -0.2) is 23.7 Å². The third kappa shape index (κ3) is 2.57. The Balaban J connectivity index is 1.61. The lowest BCUT2D eigenvalue weighted by atomic mass is 9.75. The van der Waals surface area contributed by atoms with Crippen LogP contribution in [0.2, 0.25) is 0 Å². The Morgan fingerprint density at radius 1 is 0.808 bits per heavy atom. The SMILES string of the molecule is c1ccc([C@@H]2[C@@H]3CCCC[C@]3(N3CCCC3)ON2c2ccccc2)cc1. The van der Waals surface area contributed by atoms with Gasteiger partial charge in [-0.3, -0.25) is 4.90 Å². The summed E-state index contributed by atoms with van der Waals surface area (Å²) in [7, 11) is 0. The van der Waals surface area contributed by atoms with Gasteiger partial charge in [0.1, 0.15) is 0 Å². The van der Waals surface area contributed by atoms with E-state index in [1.165, 1.54) is 56.4 Å². The molecule has 26 heavy (non-hydrogen) atoms. The molecule has 2 saturated heterocycles. The second kappa shape index (κ2) is 6.71. The predicted octanol–water partition coefficient (Wildman–Crippen LogP) is 5.16. The number of likely N-dealkylation sites (tertiary alicyclic amines) is 1. The van der Waals surface area contributed by atoms with Gasteiger partial charge in [-0.15, -0.1) is 0 Å². The van der Waals surface area contributed by atoms with Crippen molar-refractivity contribution >= 4 is 5.69 Å². The van der Waals surface area contributed by atoms with Crippen molar-refractivity contribution in [2.75, 3.05) is 18.2 Å². The summed E-state index contributed by atoms with van der Waals surface area (Å²) in [6, 6.07) is 22.0. The predicted molar refractivity (Wildman–Crippen MR) is 105 cm³/mol. The minimum absolute atomic E-state index is 0.120. The minimum atomic E-state index is -0.120. The molecule has 0 amide bonds. The molecule has 2 aromatic carbocycles. The Hall–Kier alpha value is -1.84. The number of anilines is 1. The molecule has 1 saturated carbocycles. The molecule has 5 rings (SSSR count). The molecular formula is C23H28N2O. The Kier molecular flexibility index (Phi) is 4.22. The molecule has 0 unspecified atom stereocenters. The van der Waals surface area contributed by atoms with Crippen LogP contribution in [0.1, 0.15) is 50.1 Å². The van der Waals surface area contributed by atoms with Gasteiger partial charge in [0.05, 0.1) is 11.7 Å². The van der Waals surface area contributed by atoms with Crippen molar-refractivity contribution in [2.24, 2.45) is 5.92 Å². The quantitative estimate of drug-likeness (QED) is 0.762. The van der Waals surface area contributed by atoms with Gasteiger partial charge < -0.3 is 0 Å². The van der Waals surface area contributed by atoms with E-state index in [-0.39, 0.29) is 5.72 Å². The summed E-state index contributed by atoms with van der Waals surface area (Å²) < 4.78 is 0. The average Bonchev–Trinajstić information content (AvgIpc) is 3.36. The third-order valence-electron chi connectivity index (χ3n) is 6.56. The molecule has 0 spiro atoms. The maximum absolute atomic E-state index is 6.95. The summed E-state index contributed by atoms with van der Waals surface area (Å²) in [6.45, 7) is 2.36. The first-order chi connectivity index (χ1) is 12.9. The maximum atomic E-state index is 6.95. The summed E-state index contributed by atoms with van der Waals surface area (Å²) in [5.41, 5.74) is 2.43. The fraction of sp³-hybridized carbons (Fsp3) is 0.478. The molecule has 2 aromatic rings. The van der Waals surface area contributed by atoms with E-state index in [0.29, 0.717) is 12.0 Å². The first-order valence-electron chi connectivity index (χ1n) is 10.2. The van der Waals surface area contributed by atoms with E-state index in [0.717, 1.165) is 6.42 Å². The summed E-state index contributed by atoms with van der Waals surface area (Å²) in [6.07, 6.45) is 7.61. The standard InChI is InChI=1S/C23H28N2O/c1-3-11-19(12-4-1)22-21-15-7-8-16-23(21,24-17-9-10-18-24)26-25(22)20-13-5-2-6-14-20/h1-6,11-14,21-22H,7-10,15-18H2/t21-,22+,23-/m0/s1. The van der Waals surface area contributed by atoms with Crippen molar-refractivity contribution in [3.63, 3.8) is 0 Å². The largest absolute Gasteiger partial charge is 0.273 e. The monoisotopic (exact) mass is 348 g/mol. The number of rotatable bonds is 3. The van der Waals surface area contributed by atoms with Crippen LogP contribution < -0.4 is 5.06 Å². The number of benzene rings is 2. The zero-order valence-corrected chi connectivity index (χ0v) is 15.4. The van der Waals surface area contributed by atoms with Gasteiger partial charge in [-0.05, 0) is 49.8 Å². The van der Waals surface area contributed by atoms with Gasteiger partial charge in [0.2, 0.25) is 0 Å². The highest BCUT2D eigenvalue weighted by Crippen LogP contribution is 2.55. The van der Waals surface area contributed by atoms with Crippen LogP contribution in [0.3, 0.4) is 0 Å². The lowest BCUT2D eigenvalue weighted by Crippen LogP contribution is -2.53. The second-order valence-corrected chi connectivity index (χ2v) is 8.00. The molecular weight excluding hydrogens is 320 g/mol. The molecule has 3 atom stereocenters. The Morgan fingerprint density at radius 3 is 2.23 bits per heavy atom. The van der Waals surface area contributed by atoms with E-state index in [2.05, 4.69) is 70.6 Å². The first kappa shape index (κ1) is 16.3. The number of hydroxylamine groups is 1. The van der Waals surface area contributed by atoms with Crippen molar-refractivity contribution in [3.8, 4) is 0 Å². The van der Waals surface area contributed by atoms with Crippen molar-refractivity contribution in [1.29, 1.82) is 0 Å². The number of nitrogens with zero attached hydrogens (tertiary/aromatic N) is 2. The summed E-state index contributed by atoms with van der Waals surface area (Å²) >= 11 is 0. The molecule has 3 aliphatic rings. The molecule has 0 bridgehead atoms. The van der Waals surface area contributed by atoms with Gasteiger partial charge >= 0.3 is 0 Å². The van der Waals surface area contributed by atoms with Crippen LogP contribution >= 0.6 is 0 Å². The van der Waals surface area contributed by atoms with E-state index in [4.69, 9.17) is 4.84 Å². The molecule has 2 heterocycles. The third-order valence-corrected chi connectivity index (χ3v) is 6.56. The summed E-state index contributed by atoms with van der Waals surface area (Å²) in [4.78, 5) is 9.61. The molecule has 0 aromatic heterocycles. The van der Waals surface area contributed by atoms with Crippen molar-refractivity contribution < 1.29 is 4.84 Å². The van der Waals surface area contributed by atoms with Crippen molar-refractivity contribution in [3.05, 3.63) is 66.2 Å². The lowest BCUT2D eigenvalue weighted by molar-refractivity contribution is -0.161. The summed E-state index contributed by atoms with van der Waals surface area (Å²) in [5.74, 6) is 0.525. The smallest absolute Gasteiger partial charge is 0.154 e. The number of hydrogen-bond acceptors (Lipinski definition) is 3. The van der Waals surface area contributed by atoms with Crippen LogP contribution in [0, 0.1) is 5.92 Å². The highest BCUT2D eigenvalue weighted by molar-refractivity contribution is 5.48. The lowest BCUT2D eigenvalue weighted by Gasteiger charge is -2.44. The molecule has 3 nitrogen and oxygen atoms in total. The van der Waals surface area contributed by atoms with Gasteiger partial charge in [0, 0.05) is 19.0 Å². The van der Waals surface area contributed by atoms with E-state index < -0.39 is 0 Å². The Labute approximate surface area is 156 Å². The zero-order chi connectivity index (χ0) is 17.4. The topological polar surface area (TPSA) is 15.7 Å². The molecule has 3 fully saturated rings. The van der Waals surface area contributed by atoms with Gasteiger partial charge in [-0.1, -0.05) is 55.0 Å². The van der Waals surface area contributed by atoms with Crippen LogP contribution in [0.15, 0.2) is 60.7 Å². The van der Waals surface area contributed by atoms with Crippen molar-refractivity contribution in [1.82, 2.24) is 4.90 Å². The fourth-order valence-electron chi connectivity index (χ4n) is 5.41. The maximum Gasteiger partial charge on any atom is 0.154 e. The van der Waals surface area contributed by atoms with E-state index in [1.807, 2.05) is 0 Å². The molecule has 1 aliphatic carbocycles. The molecule has 136 valence electrons. The minimum Gasteiger partial charge on any atom is -0.273 e. The average molecular weight is 348 g/mol. The second-order valence-electron chi connectivity index (χ2n) is 8.00. The van der Waals surface area contributed by atoms with Gasteiger partial charge in [0.25, 0.3) is 0 Å². The summed E-state index contributed by atoms with van der Waals surface area (Å²) in [5, 5.41) is 2.24. The highest BCUT2D eigenvalue weighted by Gasteiger charge is 2.59. The Bertz CT molecular complexity index is 728. The first-order valence-corrected chi connectivity index (χ1v) is 10.2. The van der Waals surface area contributed by atoms with Gasteiger partial charge in [-0.25, -0.2) is 9.90 Å². The van der Waals surface area contributed by atoms with Crippen molar-refractivity contribution in [2.45, 2.75) is 50.3 Å². The van der Waals surface area contributed by atoms with Crippen LogP contribution in [0.4, 0.5) is 5.69 Å². The highest BCUT2D eigenvalue weighted by atomic mass is 16.7. The normalized spacial score (nSPS) is 31.9. The molecule has 2 aliphatic heterocycles. The molecule has 3 heteroatoms.